The van der Waals surface area contributed by atoms with Crippen molar-refractivity contribution in [1.82, 2.24) is 15.1 Å². The summed E-state index contributed by atoms with van der Waals surface area (Å²) in [5.74, 6) is 0.393. The first-order valence-corrected chi connectivity index (χ1v) is 8.57. The van der Waals surface area contributed by atoms with Crippen molar-refractivity contribution in [3.05, 3.63) is 46.7 Å². The molecule has 0 spiro atoms. The van der Waals surface area contributed by atoms with Crippen LogP contribution in [0, 0.1) is 12.8 Å². The summed E-state index contributed by atoms with van der Waals surface area (Å²) in [6, 6.07) is 9.85. The molecular weight excluding hydrogens is 310 g/mol. The number of rotatable bonds is 3. The van der Waals surface area contributed by atoms with E-state index in [9.17, 15) is 4.79 Å². The van der Waals surface area contributed by atoms with Gasteiger partial charge in [-0.15, -0.1) is 0 Å². The van der Waals surface area contributed by atoms with Crippen molar-refractivity contribution in [3.8, 4) is 5.69 Å². The van der Waals surface area contributed by atoms with Crippen LogP contribution in [0.25, 0.3) is 5.69 Å². The molecule has 0 saturated heterocycles. The zero-order chi connectivity index (χ0) is 16.4. The SMILES string of the molecule is Cc1nn(-c2ccccc2)c(Cl)c1C(=O)NC1CCCCC1C. The highest BCUT2D eigenvalue weighted by Gasteiger charge is 2.27. The van der Waals surface area contributed by atoms with Gasteiger partial charge in [0.25, 0.3) is 5.91 Å². The maximum Gasteiger partial charge on any atom is 0.256 e. The van der Waals surface area contributed by atoms with Gasteiger partial charge in [-0.25, -0.2) is 4.68 Å². The summed E-state index contributed by atoms with van der Waals surface area (Å²) >= 11 is 6.45. The maximum atomic E-state index is 12.7. The Morgan fingerprint density at radius 2 is 1.96 bits per heavy atom. The average molecular weight is 332 g/mol. The van der Waals surface area contributed by atoms with E-state index in [-0.39, 0.29) is 11.9 Å². The Hall–Kier alpha value is -1.81. The van der Waals surface area contributed by atoms with Crippen LogP contribution in [0.2, 0.25) is 5.15 Å². The van der Waals surface area contributed by atoms with Crippen LogP contribution < -0.4 is 5.32 Å². The monoisotopic (exact) mass is 331 g/mol. The van der Waals surface area contributed by atoms with Crippen LogP contribution in [0.15, 0.2) is 30.3 Å². The van der Waals surface area contributed by atoms with Crippen LogP contribution in [0.1, 0.15) is 48.7 Å². The lowest BCUT2D eigenvalue weighted by molar-refractivity contribution is 0.0910. The lowest BCUT2D eigenvalue weighted by Gasteiger charge is -2.29. The number of halogens is 1. The van der Waals surface area contributed by atoms with Gasteiger partial charge in [-0.1, -0.05) is 49.6 Å². The van der Waals surface area contributed by atoms with Gasteiger partial charge in [0.2, 0.25) is 0 Å². The van der Waals surface area contributed by atoms with Gasteiger partial charge in [-0.3, -0.25) is 4.79 Å². The van der Waals surface area contributed by atoms with E-state index < -0.39 is 0 Å². The Labute approximate surface area is 141 Å². The second kappa shape index (κ2) is 6.75. The standard InChI is InChI=1S/C18H22ClN3O/c1-12-8-6-7-11-15(12)20-18(23)16-13(2)21-22(17(16)19)14-9-4-3-5-10-14/h3-5,9-10,12,15H,6-8,11H2,1-2H3,(H,20,23). The highest BCUT2D eigenvalue weighted by Crippen LogP contribution is 2.26. The van der Waals surface area contributed by atoms with Crippen molar-refractivity contribution < 1.29 is 4.79 Å². The third-order valence-corrected chi connectivity index (χ3v) is 5.01. The minimum Gasteiger partial charge on any atom is -0.349 e. The van der Waals surface area contributed by atoms with Crippen LogP contribution in [0.4, 0.5) is 0 Å². The second-order valence-corrected chi connectivity index (χ2v) is 6.70. The Balaban J connectivity index is 1.85. The largest absolute Gasteiger partial charge is 0.349 e. The van der Waals surface area contributed by atoms with Gasteiger partial charge in [0.1, 0.15) is 5.15 Å². The number of hydrogen-bond acceptors (Lipinski definition) is 2. The first-order valence-electron chi connectivity index (χ1n) is 8.19. The van der Waals surface area contributed by atoms with Gasteiger partial charge in [0, 0.05) is 6.04 Å². The van der Waals surface area contributed by atoms with Gasteiger partial charge in [0.05, 0.1) is 16.9 Å². The Kier molecular flexibility index (Phi) is 4.71. The molecule has 1 N–H and O–H groups in total. The summed E-state index contributed by atoms with van der Waals surface area (Å²) in [6.45, 7) is 4.02. The predicted octanol–water partition coefficient (Wildman–Crippen LogP) is 4.14. The van der Waals surface area contributed by atoms with E-state index in [2.05, 4.69) is 17.3 Å². The molecule has 1 aromatic carbocycles. The van der Waals surface area contributed by atoms with E-state index in [1.54, 1.807) is 4.68 Å². The van der Waals surface area contributed by atoms with Gasteiger partial charge < -0.3 is 5.32 Å². The molecule has 1 heterocycles. The van der Waals surface area contributed by atoms with E-state index in [4.69, 9.17) is 11.6 Å². The van der Waals surface area contributed by atoms with Gasteiger partial charge >= 0.3 is 0 Å². The minimum atomic E-state index is -0.117. The molecule has 2 atom stereocenters. The van der Waals surface area contributed by atoms with Crippen LogP contribution >= 0.6 is 11.6 Å². The number of nitrogens with zero attached hydrogens (tertiary/aromatic N) is 2. The molecule has 4 nitrogen and oxygen atoms in total. The van der Waals surface area contributed by atoms with E-state index in [1.807, 2.05) is 37.3 Å². The van der Waals surface area contributed by atoms with Crippen molar-refractivity contribution in [2.24, 2.45) is 5.92 Å². The quantitative estimate of drug-likeness (QED) is 0.918. The molecule has 1 aromatic heterocycles. The summed E-state index contributed by atoms with van der Waals surface area (Å²) in [5, 5.41) is 7.96. The van der Waals surface area contributed by atoms with Crippen LogP contribution in [-0.2, 0) is 0 Å². The number of nitrogens with one attached hydrogen (secondary N) is 1. The number of aromatic nitrogens is 2. The van der Waals surface area contributed by atoms with Crippen LogP contribution in [0.5, 0.6) is 0 Å². The number of hydrogen-bond donors (Lipinski definition) is 1. The van der Waals surface area contributed by atoms with Crippen LogP contribution in [-0.4, -0.2) is 21.7 Å². The molecule has 0 aliphatic heterocycles. The topological polar surface area (TPSA) is 46.9 Å². The summed E-state index contributed by atoms with van der Waals surface area (Å²) in [5.41, 5.74) is 1.98. The van der Waals surface area contributed by atoms with Crippen molar-refractivity contribution in [1.29, 1.82) is 0 Å². The number of carbonyl (C=O) groups is 1. The lowest BCUT2D eigenvalue weighted by atomic mass is 9.86. The van der Waals surface area contributed by atoms with E-state index in [0.29, 0.717) is 22.3 Å². The molecule has 1 fully saturated rings. The number of para-hydroxylation sites is 1. The van der Waals surface area contributed by atoms with Crippen molar-refractivity contribution in [2.75, 3.05) is 0 Å². The highest BCUT2D eigenvalue weighted by molar-refractivity contribution is 6.33. The number of carbonyl (C=O) groups excluding carboxylic acids is 1. The summed E-state index contributed by atoms with van der Waals surface area (Å²) in [7, 11) is 0. The van der Waals surface area contributed by atoms with E-state index in [1.165, 1.54) is 19.3 Å². The number of benzene rings is 1. The number of aryl methyl sites for hydroxylation is 1. The van der Waals surface area contributed by atoms with E-state index >= 15 is 0 Å². The molecular formula is C18H22ClN3O. The third-order valence-electron chi connectivity index (χ3n) is 4.66. The maximum absolute atomic E-state index is 12.7. The molecule has 1 saturated carbocycles. The highest BCUT2D eigenvalue weighted by atomic mass is 35.5. The molecule has 1 aliphatic rings. The molecule has 1 aliphatic carbocycles. The fourth-order valence-corrected chi connectivity index (χ4v) is 3.63. The Morgan fingerprint density at radius 3 is 2.65 bits per heavy atom. The first-order chi connectivity index (χ1) is 11.1. The zero-order valence-corrected chi connectivity index (χ0v) is 14.3. The predicted molar refractivity (Wildman–Crippen MR) is 92.2 cm³/mol. The average Bonchev–Trinajstić information content (AvgIpc) is 2.85. The molecule has 0 bridgehead atoms. The summed E-state index contributed by atoms with van der Waals surface area (Å²) < 4.78 is 1.62. The Bertz CT molecular complexity index is 696. The van der Waals surface area contributed by atoms with Gasteiger partial charge in [-0.05, 0) is 37.8 Å². The Morgan fingerprint density at radius 1 is 1.26 bits per heavy atom. The van der Waals surface area contributed by atoms with E-state index in [0.717, 1.165) is 12.1 Å². The van der Waals surface area contributed by atoms with Crippen LogP contribution in [0.3, 0.4) is 0 Å². The molecule has 2 unspecified atom stereocenters. The zero-order valence-electron chi connectivity index (χ0n) is 13.6. The molecule has 23 heavy (non-hydrogen) atoms. The number of amides is 1. The molecule has 5 heteroatoms. The van der Waals surface area contributed by atoms with Crippen molar-refractivity contribution in [2.45, 2.75) is 45.6 Å². The fraction of sp³-hybridized carbons (Fsp3) is 0.444. The van der Waals surface area contributed by atoms with Gasteiger partial charge in [0.15, 0.2) is 0 Å². The van der Waals surface area contributed by atoms with Gasteiger partial charge in [-0.2, -0.15) is 5.10 Å². The summed E-state index contributed by atoms with van der Waals surface area (Å²) in [4.78, 5) is 12.7. The first kappa shape index (κ1) is 16.1. The third kappa shape index (κ3) is 3.27. The normalized spacial score (nSPS) is 21.2. The second-order valence-electron chi connectivity index (χ2n) is 6.34. The lowest BCUT2D eigenvalue weighted by Crippen LogP contribution is -2.41. The molecule has 2 aromatic rings. The van der Waals surface area contributed by atoms with Crippen molar-refractivity contribution >= 4 is 17.5 Å². The smallest absolute Gasteiger partial charge is 0.256 e. The minimum absolute atomic E-state index is 0.117. The fourth-order valence-electron chi connectivity index (χ4n) is 3.27. The molecule has 122 valence electrons. The molecule has 3 rings (SSSR count). The van der Waals surface area contributed by atoms with Crippen molar-refractivity contribution in [3.63, 3.8) is 0 Å². The molecule has 0 radical (unpaired) electrons. The molecule has 1 amide bonds. The summed E-state index contributed by atoms with van der Waals surface area (Å²) in [6.07, 6.45) is 4.63.